The molecule has 0 unspecified atom stereocenters. The van der Waals surface area contributed by atoms with Crippen molar-refractivity contribution in [1.29, 1.82) is 0 Å². The molecule has 1 aromatic carbocycles. The van der Waals surface area contributed by atoms with Crippen molar-refractivity contribution in [2.45, 2.75) is 6.92 Å². The first kappa shape index (κ1) is 30.9. The van der Waals surface area contributed by atoms with E-state index in [-0.39, 0.29) is 32.4 Å². The standard InChI is InChI=1S/C9H8O4.C5H5.3CO.Mo/c1-6(10)13-8-5-3-2-4-7(8)9(11)12;1-2-4-5-3-1;3*1-2;/h2-5H,1H3,(H,11,12);1-5H;;;;/q;;;;;+2. The number of esters is 1. The van der Waals surface area contributed by atoms with E-state index in [2.05, 4.69) is 24.7 Å². The summed E-state index contributed by atoms with van der Waals surface area (Å²) in [5.41, 5.74) is -0.0160. The summed E-state index contributed by atoms with van der Waals surface area (Å²) in [6, 6.07) is 5.98. The molecule has 0 spiro atoms. The molecule has 1 N–H and O–H groups in total. The molecule has 0 saturated heterocycles. The van der Waals surface area contributed by atoms with E-state index in [0.29, 0.717) is 0 Å². The van der Waals surface area contributed by atoms with E-state index in [0.717, 1.165) is 0 Å². The van der Waals surface area contributed by atoms with Crippen LogP contribution in [0.1, 0.15) is 17.3 Å². The Hall–Kier alpha value is -1.93. The fourth-order valence-corrected chi connectivity index (χ4v) is 1.21. The molecular weight excluding hydrogens is 412 g/mol. The van der Waals surface area contributed by atoms with Crippen molar-refractivity contribution in [3.05, 3.63) is 81.9 Å². The molecular formula is C17H13MoO7+2. The fraction of sp³-hybridized carbons (Fsp3) is 0.0588. The summed E-state index contributed by atoms with van der Waals surface area (Å²) in [7, 11) is 0. The van der Waals surface area contributed by atoms with Crippen LogP contribution < -0.4 is 4.74 Å². The molecule has 1 saturated carbocycles. The largest absolute Gasteiger partial charge is 2.00 e. The zero-order valence-electron chi connectivity index (χ0n) is 13.0. The molecule has 1 aliphatic carbocycles. The Balaban J connectivity index is -0.000000154. The maximum atomic E-state index is 10.6. The fourth-order valence-electron chi connectivity index (χ4n) is 1.21. The zero-order valence-corrected chi connectivity index (χ0v) is 15.0. The molecule has 0 aromatic heterocycles. The molecule has 7 nitrogen and oxygen atoms in total. The number of carboxylic acids is 1. The number of ether oxygens (including phenoxy) is 1. The molecule has 5 radical (unpaired) electrons. The Kier molecular flexibility index (Phi) is 30.1. The molecule has 25 heavy (non-hydrogen) atoms. The van der Waals surface area contributed by atoms with Crippen LogP contribution in [-0.4, -0.2) is 17.0 Å². The van der Waals surface area contributed by atoms with Crippen LogP contribution in [0.25, 0.3) is 0 Å². The Morgan fingerprint density at radius 1 is 0.880 bits per heavy atom. The maximum absolute atomic E-state index is 10.6. The Labute approximate surface area is 161 Å². The smallest absolute Gasteiger partial charge is 0.0312 e. The third-order valence-electron chi connectivity index (χ3n) is 1.93. The van der Waals surface area contributed by atoms with Gasteiger partial charge in [0.05, 0.1) is 0 Å². The molecule has 0 aliphatic heterocycles. The van der Waals surface area contributed by atoms with E-state index in [1.165, 1.54) is 19.1 Å². The number of carboxylic acid groups (broad SMARTS) is 1. The molecule has 8 heteroatoms. The van der Waals surface area contributed by atoms with Gasteiger partial charge in [-0.2, -0.15) is 0 Å². The molecule has 1 fully saturated rings. The molecule has 127 valence electrons. The normalized spacial score (nSPS) is 9.88. The Morgan fingerprint density at radius 3 is 1.56 bits per heavy atom. The van der Waals surface area contributed by atoms with E-state index >= 15 is 0 Å². The average molecular weight is 425 g/mol. The molecule has 0 heterocycles. The number of carbonyl (C=O) groups excluding carboxylic acids is 1. The minimum Gasteiger partial charge on any atom is -0.0312 e. The number of hydrogen-bond acceptors (Lipinski definition) is 3. The number of hydrogen-bond donors (Lipinski definition) is 1. The molecule has 1 aliphatic rings. The van der Waals surface area contributed by atoms with Crippen molar-refractivity contribution >= 4 is 11.9 Å². The van der Waals surface area contributed by atoms with Crippen LogP contribution >= 0.6 is 0 Å². The van der Waals surface area contributed by atoms with Crippen molar-refractivity contribution in [3.8, 4) is 5.75 Å². The van der Waals surface area contributed by atoms with Crippen molar-refractivity contribution < 1.29 is 54.5 Å². The molecule has 2 rings (SSSR count). The van der Waals surface area contributed by atoms with Gasteiger partial charge in [-0.05, 0) is 44.2 Å². The molecule has 1 aromatic rings. The zero-order chi connectivity index (χ0) is 19.4. The van der Waals surface area contributed by atoms with Crippen molar-refractivity contribution in [2.75, 3.05) is 0 Å². The molecule has 0 atom stereocenters. The van der Waals surface area contributed by atoms with Crippen LogP contribution in [0.5, 0.6) is 5.75 Å². The van der Waals surface area contributed by atoms with Gasteiger partial charge in [-0.3, -0.25) is 4.79 Å². The van der Waals surface area contributed by atoms with Gasteiger partial charge in [0.2, 0.25) is 0 Å². The van der Waals surface area contributed by atoms with Gasteiger partial charge < -0.3 is 9.84 Å². The summed E-state index contributed by atoms with van der Waals surface area (Å²) >= 11 is 0. The van der Waals surface area contributed by atoms with Crippen LogP contribution in [0.15, 0.2) is 24.3 Å². The summed E-state index contributed by atoms with van der Waals surface area (Å²) < 4.78 is 27.2. The topological polar surface area (TPSA) is 123 Å². The van der Waals surface area contributed by atoms with E-state index in [1.807, 2.05) is 32.1 Å². The predicted octanol–water partition coefficient (Wildman–Crippen LogP) is 2.22. The van der Waals surface area contributed by atoms with Gasteiger partial charge in [0.1, 0.15) is 11.3 Å². The number of carbonyl (C=O) groups is 2. The molecule has 0 bridgehead atoms. The first-order chi connectivity index (χ1) is 11.6. The van der Waals surface area contributed by atoms with Gasteiger partial charge in [-0.15, -0.1) is 0 Å². The first-order valence-electron chi connectivity index (χ1n) is 5.90. The van der Waals surface area contributed by atoms with Gasteiger partial charge in [0, 0.05) is 6.92 Å². The summed E-state index contributed by atoms with van der Waals surface area (Å²) in [5.74, 6) is -1.58. The quantitative estimate of drug-likeness (QED) is 0.257. The minimum absolute atomic E-state index is 0. The van der Waals surface area contributed by atoms with Crippen LogP contribution in [0.4, 0.5) is 0 Å². The van der Waals surface area contributed by atoms with Crippen LogP contribution in [0.3, 0.4) is 0 Å². The van der Waals surface area contributed by atoms with Gasteiger partial charge in [0.15, 0.2) is 0 Å². The van der Waals surface area contributed by atoms with Crippen LogP contribution in [0.2, 0.25) is 0 Å². The predicted molar refractivity (Wildman–Crippen MR) is 78.0 cm³/mol. The van der Waals surface area contributed by atoms with E-state index in [9.17, 15) is 9.59 Å². The number of rotatable bonds is 2. The number of aromatic carboxylic acids is 1. The minimum atomic E-state index is -1.11. The van der Waals surface area contributed by atoms with Crippen LogP contribution in [-0.2, 0) is 39.8 Å². The maximum Gasteiger partial charge on any atom is 2.00 e. The average Bonchev–Trinajstić information content (AvgIpc) is 3.20. The third kappa shape index (κ3) is 18.2. The summed E-state index contributed by atoms with van der Waals surface area (Å²) in [5, 5.41) is 8.69. The van der Waals surface area contributed by atoms with E-state index in [1.54, 1.807) is 12.1 Å². The number of benzene rings is 1. The summed E-state index contributed by atoms with van der Waals surface area (Å²) in [6.45, 7) is 14.7. The Morgan fingerprint density at radius 2 is 1.24 bits per heavy atom. The van der Waals surface area contributed by atoms with Gasteiger partial charge in [-0.1, -0.05) is 12.1 Å². The monoisotopic (exact) mass is 427 g/mol. The van der Waals surface area contributed by atoms with E-state index < -0.39 is 11.9 Å². The summed E-state index contributed by atoms with van der Waals surface area (Å²) in [4.78, 5) is 21.2. The Bertz CT molecular complexity index is 509. The van der Waals surface area contributed by atoms with Crippen LogP contribution in [0, 0.1) is 52.1 Å². The van der Waals surface area contributed by atoms with Gasteiger partial charge in [-0.25, -0.2) is 4.79 Å². The van der Waals surface area contributed by atoms with Gasteiger partial charge >= 0.3 is 66.9 Å². The second-order valence-electron chi connectivity index (χ2n) is 3.36. The second-order valence-corrected chi connectivity index (χ2v) is 3.36. The molecule has 0 amide bonds. The summed E-state index contributed by atoms with van der Waals surface area (Å²) in [6.07, 6.45) is 10.0. The SMILES string of the molecule is CC(=O)Oc1ccccc1C(=O)O.[C-]#[O+].[C-]#[O+].[C-]#[O+].[CH]1[CH][CH][CH][CH]1.[Mo+2]. The third-order valence-corrected chi connectivity index (χ3v) is 1.93. The van der Waals surface area contributed by atoms with Crippen molar-refractivity contribution in [3.63, 3.8) is 0 Å². The first-order valence-corrected chi connectivity index (χ1v) is 5.90. The van der Waals surface area contributed by atoms with Crippen molar-refractivity contribution in [1.82, 2.24) is 0 Å². The second kappa shape index (κ2) is 24.3. The number of para-hydroxylation sites is 1. The van der Waals surface area contributed by atoms with Gasteiger partial charge in [0.25, 0.3) is 0 Å². The van der Waals surface area contributed by atoms with E-state index in [4.69, 9.17) is 19.1 Å². The van der Waals surface area contributed by atoms with Crippen molar-refractivity contribution in [2.24, 2.45) is 0 Å².